The first-order valence-corrected chi connectivity index (χ1v) is 12.2. The topological polar surface area (TPSA) is 108 Å². The Hall–Kier alpha value is -3.61. The van der Waals surface area contributed by atoms with Crippen LogP contribution in [0.25, 0.3) is 10.8 Å². The zero-order valence-corrected chi connectivity index (χ0v) is 19.8. The third kappa shape index (κ3) is 4.30. The number of aryl methyl sites for hydroxylation is 1. The van der Waals surface area contributed by atoms with Crippen molar-refractivity contribution in [1.82, 2.24) is 0 Å². The maximum absolute atomic E-state index is 13.0. The number of amides is 1. The Morgan fingerprint density at radius 1 is 1.15 bits per heavy atom. The van der Waals surface area contributed by atoms with Crippen molar-refractivity contribution in [2.24, 2.45) is 0 Å². The molecule has 4 rings (SSSR count). The molecular formula is C24H20ClN3O5S. The number of rotatable bonds is 7. The lowest BCUT2D eigenvalue weighted by molar-refractivity contribution is -0.146. The first kappa shape index (κ1) is 23.5. The molecule has 10 heteroatoms. The van der Waals surface area contributed by atoms with Gasteiger partial charge in [-0.25, -0.2) is 8.42 Å². The number of sulfonamides is 1. The number of esters is 1. The van der Waals surface area contributed by atoms with E-state index in [1.54, 1.807) is 55.5 Å². The number of nitriles is 1. The van der Waals surface area contributed by atoms with E-state index in [0.29, 0.717) is 21.8 Å². The molecule has 1 aliphatic heterocycles. The molecule has 0 spiro atoms. The molecule has 3 aromatic rings. The minimum absolute atomic E-state index is 0.0790. The Labute approximate surface area is 201 Å². The van der Waals surface area contributed by atoms with Gasteiger partial charge in [-0.05, 0) is 48.2 Å². The van der Waals surface area contributed by atoms with Crippen molar-refractivity contribution < 1.29 is 22.7 Å². The number of hydrogen-bond donors (Lipinski definition) is 0. The van der Waals surface area contributed by atoms with Crippen molar-refractivity contribution in [3.8, 4) is 6.07 Å². The molecule has 0 aliphatic carbocycles. The van der Waals surface area contributed by atoms with Gasteiger partial charge in [0.05, 0.1) is 23.1 Å². The van der Waals surface area contributed by atoms with E-state index >= 15 is 0 Å². The van der Waals surface area contributed by atoms with E-state index in [1.807, 2.05) is 6.07 Å². The molecule has 174 valence electrons. The number of carbonyl (C=O) groups is 2. The van der Waals surface area contributed by atoms with Gasteiger partial charge in [-0.15, -0.1) is 0 Å². The van der Waals surface area contributed by atoms with Gasteiger partial charge in [-0.2, -0.15) is 5.26 Å². The van der Waals surface area contributed by atoms with Crippen molar-refractivity contribution >= 4 is 55.6 Å². The summed E-state index contributed by atoms with van der Waals surface area (Å²) in [5, 5.41) is 10.8. The van der Waals surface area contributed by atoms with Crippen LogP contribution in [0, 0.1) is 18.3 Å². The van der Waals surface area contributed by atoms with Crippen LogP contribution in [0.15, 0.2) is 59.5 Å². The quantitative estimate of drug-likeness (QED) is 0.459. The van der Waals surface area contributed by atoms with Crippen molar-refractivity contribution in [2.45, 2.75) is 18.2 Å². The lowest BCUT2D eigenvalue weighted by Crippen LogP contribution is -2.38. The van der Waals surface area contributed by atoms with E-state index in [1.165, 1.54) is 11.0 Å². The Kier molecular flexibility index (Phi) is 6.46. The first-order chi connectivity index (χ1) is 16.2. The molecule has 0 radical (unpaired) electrons. The fraction of sp³-hybridized carbons (Fsp3) is 0.208. The van der Waals surface area contributed by atoms with E-state index in [9.17, 15) is 18.0 Å². The van der Waals surface area contributed by atoms with Crippen LogP contribution in [0.3, 0.4) is 0 Å². The van der Waals surface area contributed by atoms with Gasteiger partial charge < -0.3 is 9.64 Å². The molecule has 0 saturated carbocycles. The van der Waals surface area contributed by atoms with Crippen LogP contribution in [0.1, 0.15) is 12.0 Å². The van der Waals surface area contributed by atoms with Crippen LogP contribution in [0.4, 0.5) is 11.4 Å². The number of carbonyl (C=O) groups excluding carboxylic acids is 2. The number of benzene rings is 3. The highest BCUT2D eigenvalue weighted by Crippen LogP contribution is 2.41. The maximum Gasteiger partial charge on any atom is 0.327 e. The lowest BCUT2D eigenvalue weighted by atomic mass is 10.1. The summed E-state index contributed by atoms with van der Waals surface area (Å²) in [6.07, 6.45) is 0.0790. The van der Waals surface area contributed by atoms with Gasteiger partial charge >= 0.3 is 5.97 Å². The second kappa shape index (κ2) is 9.33. The van der Waals surface area contributed by atoms with E-state index in [2.05, 4.69) is 0 Å². The monoisotopic (exact) mass is 497 g/mol. The van der Waals surface area contributed by atoms with Crippen LogP contribution in [-0.4, -0.2) is 40.0 Å². The fourth-order valence-electron chi connectivity index (χ4n) is 3.87. The normalized spacial score (nSPS) is 13.5. The Morgan fingerprint density at radius 3 is 2.59 bits per heavy atom. The first-order valence-electron chi connectivity index (χ1n) is 10.4. The third-order valence-electron chi connectivity index (χ3n) is 5.51. The van der Waals surface area contributed by atoms with Crippen molar-refractivity contribution in [2.75, 3.05) is 28.9 Å². The van der Waals surface area contributed by atoms with Crippen LogP contribution in [0.2, 0.25) is 5.02 Å². The molecule has 8 nitrogen and oxygen atoms in total. The van der Waals surface area contributed by atoms with Gasteiger partial charge in [0.2, 0.25) is 0 Å². The molecule has 0 unspecified atom stereocenters. The fourth-order valence-corrected chi connectivity index (χ4v) is 5.64. The van der Waals surface area contributed by atoms with Crippen LogP contribution in [-0.2, 0) is 24.3 Å². The number of nitrogens with zero attached hydrogens (tertiary/aromatic N) is 3. The number of hydrogen-bond acceptors (Lipinski definition) is 6. The number of halogens is 1. The Morgan fingerprint density at radius 2 is 1.88 bits per heavy atom. The van der Waals surface area contributed by atoms with Gasteiger partial charge in [0.25, 0.3) is 15.9 Å². The highest BCUT2D eigenvalue weighted by Gasteiger charge is 2.37. The van der Waals surface area contributed by atoms with Crippen molar-refractivity contribution in [1.29, 1.82) is 5.26 Å². The second-order valence-electron chi connectivity index (χ2n) is 7.69. The summed E-state index contributed by atoms with van der Waals surface area (Å²) in [6, 6.07) is 17.1. The highest BCUT2D eigenvalue weighted by atomic mass is 35.5. The van der Waals surface area contributed by atoms with Crippen molar-refractivity contribution in [3.05, 3.63) is 65.2 Å². The van der Waals surface area contributed by atoms with Gasteiger partial charge in [-0.3, -0.25) is 13.9 Å². The summed E-state index contributed by atoms with van der Waals surface area (Å²) in [7, 11) is -3.92. The van der Waals surface area contributed by atoms with Crippen molar-refractivity contribution in [3.63, 3.8) is 0 Å². The SMILES string of the molecule is Cc1cc(N(CCC#N)C(=O)COC(=O)CN2c3cccc4cccc(c34)S2(=O)=O)ccc1Cl. The molecule has 0 aromatic heterocycles. The molecule has 0 N–H and O–H groups in total. The van der Waals surface area contributed by atoms with Gasteiger partial charge in [0.1, 0.15) is 6.54 Å². The van der Waals surface area contributed by atoms with E-state index in [0.717, 1.165) is 15.3 Å². The molecule has 0 saturated heterocycles. The number of ether oxygens (including phenoxy) is 1. The summed E-state index contributed by atoms with van der Waals surface area (Å²) in [5.74, 6) is -1.41. The molecule has 1 heterocycles. The predicted molar refractivity (Wildman–Crippen MR) is 128 cm³/mol. The Bertz CT molecular complexity index is 1440. The molecule has 3 aromatic carbocycles. The molecule has 0 bridgehead atoms. The van der Waals surface area contributed by atoms with Gasteiger partial charge in [-0.1, -0.05) is 35.9 Å². The van der Waals surface area contributed by atoms with E-state index < -0.39 is 35.1 Å². The minimum atomic E-state index is -3.92. The Balaban J connectivity index is 1.48. The lowest BCUT2D eigenvalue weighted by Gasteiger charge is -2.23. The summed E-state index contributed by atoms with van der Waals surface area (Å²) in [5.41, 5.74) is 1.66. The number of anilines is 2. The van der Waals surface area contributed by atoms with E-state index in [4.69, 9.17) is 21.6 Å². The molecule has 0 atom stereocenters. The smallest absolute Gasteiger partial charge is 0.327 e. The minimum Gasteiger partial charge on any atom is -0.454 e. The zero-order chi connectivity index (χ0) is 24.5. The average Bonchev–Trinajstić information content (AvgIpc) is 3.03. The molecule has 1 aliphatic rings. The van der Waals surface area contributed by atoms with Gasteiger partial charge in [0.15, 0.2) is 6.61 Å². The zero-order valence-electron chi connectivity index (χ0n) is 18.2. The largest absolute Gasteiger partial charge is 0.454 e. The molecule has 1 amide bonds. The average molecular weight is 498 g/mol. The van der Waals surface area contributed by atoms with Crippen LogP contribution >= 0.6 is 11.6 Å². The summed E-state index contributed by atoms with van der Waals surface area (Å²) < 4.78 is 32.2. The standard InChI is InChI=1S/C24H20ClN3O5S/c1-16-13-18(9-10-19(16)25)27(12-4-11-26)22(29)15-33-23(30)14-28-20-7-2-5-17-6-3-8-21(24(17)20)34(28,31)32/h2-3,5-10,13H,4,12,14-15H2,1H3. The molecule has 34 heavy (non-hydrogen) atoms. The highest BCUT2D eigenvalue weighted by molar-refractivity contribution is 7.93. The summed E-state index contributed by atoms with van der Waals surface area (Å²) >= 11 is 6.06. The third-order valence-corrected chi connectivity index (χ3v) is 7.74. The molecular weight excluding hydrogens is 478 g/mol. The van der Waals surface area contributed by atoms with Crippen LogP contribution < -0.4 is 9.21 Å². The second-order valence-corrected chi connectivity index (χ2v) is 9.93. The summed E-state index contributed by atoms with van der Waals surface area (Å²) in [6.45, 7) is 0.720. The van der Waals surface area contributed by atoms with Gasteiger partial charge in [0, 0.05) is 22.6 Å². The van der Waals surface area contributed by atoms with Crippen LogP contribution in [0.5, 0.6) is 0 Å². The van der Waals surface area contributed by atoms with E-state index in [-0.39, 0.29) is 17.9 Å². The molecule has 0 fully saturated rings. The maximum atomic E-state index is 13.0. The predicted octanol–water partition coefficient (Wildman–Crippen LogP) is 3.80. The summed E-state index contributed by atoms with van der Waals surface area (Å²) in [4.78, 5) is 26.9.